The van der Waals surface area contributed by atoms with Crippen LogP contribution in [0.4, 0.5) is 5.69 Å². The zero-order valence-electron chi connectivity index (χ0n) is 15.7. The van der Waals surface area contributed by atoms with E-state index in [1.807, 2.05) is 43.3 Å². The Labute approximate surface area is 156 Å². The number of carbonyl (C=O) groups is 1. The molecule has 7 nitrogen and oxygen atoms in total. The molecule has 0 bridgehead atoms. The number of nitrogens with zero attached hydrogens (tertiary/aromatic N) is 3. The summed E-state index contributed by atoms with van der Waals surface area (Å²) in [6, 6.07) is 7.62. The topological polar surface area (TPSA) is 82.1 Å². The summed E-state index contributed by atoms with van der Waals surface area (Å²) < 4.78 is 25.4. The van der Waals surface area contributed by atoms with Crippen LogP contribution in [0, 0.1) is 0 Å². The van der Waals surface area contributed by atoms with Gasteiger partial charge in [0.1, 0.15) is 0 Å². The Morgan fingerprint density at radius 2 is 1.81 bits per heavy atom. The van der Waals surface area contributed by atoms with Crippen LogP contribution >= 0.6 is 0 Å². The number of benzene rings is 1. The first-order chi connectivity index (χ1) is 12.3. The third-order valence-corrected chi connectivity index (χ3v) is 5.80. The van der Waals surface area contributed by atoms with Crippen LogP contribution in [0.2, 0.25) is 0 Å². The zero-order chi connectivity index (χ0) is 19.2. The van der Waals surface area contributed by atoms with Crippen LogP contribution in [0.3, 0.4) is 0 Å². The predicted molar refractivity (Wildman–Crippen MR) is 105 cm³/mol. The van der Waals surface area contributed by atoms with E-state index < -0.39 is 15.9 Å². The van der Waals surface area contributed by atoms with Gasteiger partial charge >= 0.3 is 0 Å². The van der Waals surface area contributed by atoms with Crippen molar-refractivity contribution in [3.8, 4) is 0 Å². The molecule has 0 spiro atoms. The highest BCUT2D eigenvalue weighted by molar-refractivity contribution is 7.88. The number of anilines is 1. The first-order valence-electron chi connectivity index (χ1n) is 8.83. The summed E-state index contributed by atoms with van der Waals surface area (Å²) in [7, 11) is 0.489. The molecule has 1 aromatic rings. The summed E-state index contributed by atoms with van der Waals surface area (Å²) in [5.74, 6) is -0.429. The Hall–Kier alpha value is -1.93. The van der Waals surface area contributed by atoms with Crippen molar-refractivity contribution in [2.24, 2.45) is 5.10 Å². The van der Waals surface area contributed by atoms with Gasteiger partial charge in [-0.25, -0.2) is 13.8 Å². The van der Waals surface area contributed by atoms with E-state index in [1.165, 1.54) is 4.31 Å². The molecule has 1 aliphatic rings. The maximum absolute atomic E-state index is 12.1. The molecular weight excluding hydrogens is 352 g/mol. The third kappa shape index (κ3) is 6.10. The van der Waals surface area contributed by atoms with Gasteiger partial charge in [-0.15, -0.1) is 0 Å². The summed E-state index contributed by atoms with van der Waals surface area (Å²) in [5.41, 5.74) is 4.35. The minimum atomic E-state index is -3.43. The molecule has 8 heteroatoms. The third-order valence-electron chi connectivity index (χ3n) is 4.52. The van der Waals surface area contributed by atoms with Crippen molar-refractivity contribution in [3.63, 3.8) is 0 Å². The number of amides is 1. The van der Waals surface area contributed by atoms with Crippen molar-refractivity contribution in [3.05, 3.63) is 29.8 Å². The molecule has 144 valence electrons. The molecule has 0 radical (unpaired) electrons. The lowest BCUT2D eigenvalue weighted by atomic mass is 9.95. The van der Waals surface area contributed by atoms with Crippen LogP contribution in [0.1, 0.15) is 37.7 Å². The summed E-state index contributed by atoms with van der Waals surface area (Å²) in [6.07, 6.45) is 7.44. The van der Waals surface area contributed by atoms with Crippen LogP contribution < -0.4 is 10.3 Å². The van der Waals surface area contributed by atoms with E-state index in [0.717, 1.165) is 49.6 Å². The van der Waals surface area contributed by atoms with Crippen molar-refractivity contribution < 1.29 is 13.2 Å². The molecule has 1 N–H and O–H groups in total. The predicted octanol–water partition coefficient (Wildman–Crippen LogP) is 1.80. The smallest absolute Gasteiger partial charge is 0.255 e. The summed E-state index contributed by atoms with van der Waals surface area (Å²) in [5, 5.41) is 3.94. The largest absolute Gasteiger partial charge is 0.378 e. The molecule has 2 rings (SSSR count). The Bertz CT molecular complexity index is 723. The van der Waals surface area contributed by atoms with Crippen molar-refractivity contribution in [2.75, 3.05) is 31.8 Å². The van der Waals surface area contributed by atoms with Crippen LogP contribution in [-0.2, 0) is 14.8 Å². The molecule has 1 fully saturated rings. The van der Waals surface area contributed by atoms with Crippen molar-refractivity contribution in [1.29, 1.82) is 0 Å². The van der Waals surface area contributed by atoms with Gasteiger partial charge in [0.05, 0.1) is 19.0 Å². The van der Waals surface area contributed by atoms with Crippen molar-refractivity contribution in [2.45, 2.75) is 38.1 Å². The lowest BCUT2D eigenvalue weighted by molar-refractivity contribution is -0.121. The molecule has 0 saturated heterocycles. The molecule has 1 amide bonds. The Morgan fingerprint density at radius 1 is 1.19 bits per heavy atom. The lowest BCUT2D eigenvalue weighted by Crippen LogP contribution is -2.45. The van der Waals surface area contributed by atoms with Gasteiger partial charge in [-0.2, -0.15) is 9.41 Å². The highest BCUT2D eigenvalue weighted by Gasteiger charge is 2.29. The maximum atomic E-state index is 12.1. The van der Waals surface area contributed by atoms with Gasteiger partial charge in [0.15, 0.2) is 0 Å². The van der Waals surface area contributed by atoms with E-state index in [4.69, 9.17) is 0 Å². The van der Waals surface area contributed by atoms with Gasteiger partial charge in [-0.05, 0) is 30.5 Å². The normalized spacial score (nSPS) is 16.2. The molecule has 1 saturated carbocycles. The quantitative estimate of drug-likeness (QED) is 0.578. The maximum Gasteiger partial charge on any atom is 0.255 e. The Kier molecular flexibility index (Phi) is 7.16. The first kappa shape index (κ1) is 20.4. The Morgan fingerprint density at radius 3 is 2.35 bits per heavy atom. The number of carbonyl (C=O) groups excluding carboxylic acids is 1. The molecule has 0 atom stereocenters. The van der Waals surface area contributed by atoms with Gasteiger partial charge in [0.25, 0.3) is 5.91 Å². The number of hydrogen-bond donors (Lipinski definition) is 1. The van der Waals surface area contributed by atoms with Gasteiger partial charge in [-0.3, -0.25) is 4.79 Å². The summed E-state index contributed by atoms with van der Waals surface area (Å²) >= 11 is 0. The highest BCUT2D eigenvalue weighted by atomic mass is 32.2. The average molecular weight is 381 g/mol. The van der Waals surface area contributed by atoms with Crippen molar-refractivity contribution in [1.82, 2.24) is 9.73 Å². The molecule has 0 heterocycles. The standard InChI is InChI=1S/C18H28N4O3S/c1-21(2)16-11-9-15(10-12-16)13-19-20-18(23)14-22(26(3,24)25)17-7-5-4-6-8-17/h9-13,17H,4-8,14H2,1-3H3,(H,20,23). The van der Waals surface area contributed by atoms with Gasteiger partial charge < -0.3 is 4.90 Å². The average Bonchev–Trinajstić information content (AvgIpc) is 2.60. The highest BCUT2D eigenvalue weighted by Crippen LogP contribution is 2.24. The number of hydrogen-bond acceptors (Lipinski definition) is 5. The molecule has 26 heavy (non-hydrogen) atoms. The summed E-state index contributed by atoms with van der Waals surface area (Å²) in [4.78, 5) is 14.1. The molecule has 0 unspecified atom stereocenters. The number of rotatable bonds is 7. The fraction of sp³-hybridized carbons (Fsp3) is 0.556. The molecular formula is C18H28N4O3S. The summed E-state index contributed by atoms with van der Waals surface area (Å²) in [6.45, 7) is -0.194. The van der Waals surface area contributed by atoms with E-state index in [9.17, 15) is 13.2 Å². The van der Waals surface area contributed by atoms with E-state index in [1.54, 1.807) is 6.21 Å². The van der Waals surface area contributed by atoms with Crippen molar-refractivity contribution >= 4 is 27.8 Å². The fourth-order valence-electron chi connectivity index (χ4n) is 3.10. The zero-order valence-corrected chi connectivity index (χ0v) is 16.5. The number of nitrogens with one attached hydrogen (secondary N) is 1. The second-order valence-electron chi connectivity index (χ2n) is 6.88. The van der Waals surface area contributed by atoms with Crippen LogP contribution in [0.5, 0.6) is 0 Å². The van der Waals surface area contributed by atoms with Gasteiger partial charge in [-0.1, -0.05) is 31.4 Å². The number of hydrazone groups is 1. The fourth-order valence-corrected chi connectivity index (χ4v) is 4.20. The lowest BCUT2D eigenvalue weighted by Gasteiger charge is -2.31. The van der Waals surface area contributed by atoms with Crippen LogP contribution in [-0.4, -0.2) is 57.8 Å². The van der Waals surface area contributed by atoms with Gasteiger partial charge in [0.2, 0.25) is 10.0 Å². The monoisotopic (exact) mass is 380 g/mol. The minimum Gasteiger partial charge on any atom is -0.378 e. The minimum absolute atomic E-state index is 0.0907. The molecule has 1 aliphatic carbocycles. The van der Waals surface area contributed by atoms with Crippen LogP contribution in [0.25, 0.3) is 0 Å². The molecule has 0 aliphatic heterocycles. The first-order valence-corrected chi connectivity index (χ1v) is 10.7. The Balaban J connectivity index is 1.93. The SMILES string of the molecule is CN(C)c1ccc(C=NNC(=O)CN(C2CCCCC2)S(C)(=O)=O)cc1. The molecule has 1 aromatic carbocycles. The van der Waals surface area contributed by atoms with Crippen LogP contribution in [0.15, 0.2) is 29.4 Å². The molecule has 0 aromatic heterocycles. The van der Waals surface area contributed by atoms with E-state index in [2.05, 4.69) is 10.5 Å². The number of sulfonamides is 1. The second-order valence-corrected chi connectivity index (χ2v) is 8.81. The van der Waals surface area contributed by atoms with E-state index in [0.29, 0.717) is 0 Å². The van der Waals surface area contributed by atoms with E-state index >= 15 is 0 Å². The van der Waals surface area contributed by atoms with E-state index in [-0.39, 0.29) is 12.6 Å². The van der Waals surface area contributed by atoms with Gasteiger partial charge in [0, 0.05) is 25.8 Å². The second kappa shape index (κ2) is 9.14.